The molecule has 1 aliphatic rings. The number of rotatable bonds is 9. The Hall–Kier alpha value is -2.83. The largest absolute Gasteiger partial charge is 0.493 e. The van der Waals surface area contributed by atoms with Gasteiger partial charge < -0.3 is 15.2 Å². The number of ether oxygens (including phenoxy) is 2. The van der Waals surface area contributed by atoms with Crippen LogP contribution in [0, 0.1) is 5.82 Å². The molecule has 7 heteroatoms. The smallest absolute Gasteiger partial charge is 0.239 e. The number of primary amides is 1. The third-order valence-corrected chi connectivity index (χ3v) is 6.27. The second-order valence-electron chi connectivity index (χ2n) is 7.75. The van der Waals surface area contributed by atoms with E-state index in [1.165, 1.54) is 6.07 Å². The van der Waals surface area contributed by atoms with Crippen LogP contribution in [0.15, 0.2) is 55.1 Å². The molecule has 1 amide bonds. The molecule has 0 saturated heterocycles. The highest BCUT2D eigenvalue weighted by atomic mass is 35.5. The van der Waals surface area contributed by atoms with Crippen LogP contribution in [0.5, 0.6) is 11.5 Å². The topological polar surface area (TPSA) is 64.8 Å². The van der Waals surface area contributed by atoms with Gasteiger partial charge in [-0.15, -0.1) is 0 Å². The predicted molar refractivity (Wildman–Crippen MR) is 125 cm³/mol. The molecule has 1 heterocycles. The van der Waals surface area contributed by atoms with Crippen LogP contribution in [0.3, 0.4) is 0 Å². The molecule has 2 aromatic rings. The van der Waals surface area contributed by atoms with Crippen LogP contribution >= 0.6 is 11.6 Å². The summed E-state index contributed by atoms with van der Waals surface area (Å²) in [4.78, 5) is 14.4. The fraction of sp³-hybridized carbons (Fsp3) is 0.320. The maximum atomic E-state index is 14.6. The molecule has 170 valence electrons. The number of benzene rings is 2. The lowest BCUT2D eigenvalue weighted by atomic mass is 9.86. The molecule has 0 aromatic heterocycles. The molecule has 2 atom stereocenters. The molecule has 0 saturated carbocycles. The molecule has 1 aliphatic heterocycles. The van der Waals surface area contributed by atoms with Gasteiger partial charge in [-0.1, -0.05) is 43.0 Å². The van der Waals surface area contributed by atoms with Gasteiger partial charge in [0.2, 0.25) is 5.91 Å². The Bertz CT molecular complexity index is 1040. The van der Waals surface area contributed by atoms with Crippen molar-refractivity contribution >= 4 is 17.5 Å². The minimum Gasteiger partial charge on any atom is -0.493 e. The highest BCUT2D eigenvalue weighted by molar-refractivity contribution is 6.30. The van der Waals surface area contributed by atoms with Crippen LogP contribution in [-0.2, 0) is 17.6 Å². The number of hydrogen-bond donors (Lipinski definition) is 1. The summed E-state index contributed by atoms with van der Waals surface area (Å²) >= 11 is 5.97. The predicted octanol–water partition coefficient (Wildman–Crippen LogP) is 4.62. The average molecular weight is 459 g/mol. The van der Waals surface area contributed by atoms with E-state index in [9.17, 15) is 9.18 Å². The van der Waals surface area contributed by atoms with Gasteiger partial charge in [-0.25, -0.2) is 4.39 Å². The fourth-order valence-electron chi connectivity index (χ4n) is 4.38. The second-order valence-corrected chi connectivity index (χ2v) is 8.15. The standard InChI is InChI=1S/C25H28ClFN2O3/c1-5-15(2)24(25(28)30)29-12-11-17-13-21(31-3)22(32-4)14-18(17)20(29)10-9-16-7-6-8-19(26)23(16)27/h5-8,13-14,20,24H,1-2,9-12H2,3-4H3,(H2,28,30)/t20-,24+/m0/s1. The van der Waals surface area contributed by atoms with Gasteiger partial charge >= 0.3 is 0 Å². The lowest BCUT2D eigenvalue weighted by Crippen LogP contribution is -2.50. The van der Waals surface area contributed by atoms with Crippen molar-refractivity contribution in [3.8, 4) is 11.5 Å². The van der Waals surface area contributed by atoms with Crippen molar-refractivity contribution < 1.29 is 18.7 Å². The molecule has 3 rings (SSSR count). The van der Waals surface area contributed by atoms with E-state index >= 15 is 0 Å². The fourth-order valence-corrected chi connectivity index (χ4v) is 4.58. The van der Waals surface area contributed by atoms with Crippen molar-refractivity contribution in [1.82, 2.24) is 4.90 Å². The van der Waals surface area contributed by atoms with Crippen LogP contribution in [-0.4, -0.2) is 37.6 Å². The highest BCUT2D eigenvalue weighted by Gasteiger charge is 2.36. The summed E-state index contributed by atoms with van der Waals surface area (Å²) < 4.78 is 25.5. The zero-order valence-corrected chi connectivity index (χ0v) is 19.1. The maximum Gasteiger partial charge on any atom is 0.239 e. The third kappa shape index (κ3) is 4.66. The summed E-state index contributed by atoms with van der Waals surface area (Å²) in [6.07, 6.45) is 3.19. The first-order valence-electron chi connectivity index (χ1n) is 10.4. The molecular formula is C25H28ClFN2O3. The summed E-state index contributed by atoms with van der Waals surface area (Å²) in [6, 6.07) is 7.91. The first-order valence-corrected chi connectivity index (χ1v) is 10.7. The third-order valence-electron chi connectivity index (χ3n) is 5.98. The average Bonchev–Trinajstić information content (AvgIpc) is 2.79. The van der Waals surface area contributed by atoms with Crippen LogP contribution in [0.25, 0.3) is 0 Å². The van der Waals surface area contributed by atoms with E-state index in [1.54, 1.807) is 32.4 Å². The molecule has 0 bridgehead atoms. The van der Waals surface area contributed by atoms with Gasteiger partial charge in [0.1, 0.15) is 11.9 Å². The lowest BCUT2D eigenvalue weighted by Gasteiger charge is -2.42. The Kier molecular flexibility index (Phi) is 7.59. The van der Waals surface area contributed by atoms with Gasteiger partial charge in [0, 0.05) is 12.6 Å². The number of fused-ring (bicyclic) bond motifs is 1. The van der Waals surface area contributed by atoms with E-state index in [-0.39, 0.29) is 11.1 Å². The van der Waals surface area contributed by atoms with Gasteiger partial charge in [-0.2, -0.15) is 0 Å². The number of nitrogens with two attached hydrogens (primary N) is 1. The summed E-state index contributed by atoms with van der Waals surface area (Å²) in [7, 11) is 3.17. The highest BCUT2D eigenvalue weighted by Crippen LogP contribution is 2.41. The quantitative estimate of drug-likeness (QED) is 0.557. The van der Waals surface area contributed by atoms with Crippen molar-refractivity contribution in [3.63, 3.8) is 0 Å². The van der Waals surface area contributed by atoms with Gasteiger partial charge in [-0.05, 0) is 59.7 Å². The van der Waals surface area contributed by atoms with E-state index in [2.05, 4.69) is 13.2 Å². The van der Waals surface area contributed by atoms with Crippen molar-refractivity contribution in [2.75, 3.05) is 20.8 Å². The van der Waals surface area contributed by atoms with Crippen molar-refractivity contribution in [2.45, 2.75) is 31.3 Å². The van der Waals surface area contributed by atoms with Crippen LogP contribution in [0.4, 0.5) is 4.39 Å². The number of methoxy groups -OCH3 is 2. The second kappa shape index (κ2) is 10.2. The Labute approximate surface area is 193 Å². The van der Waals surface area contributed by atoms with Crippen molar-refractivity contribution in [3.05, 3.63) is 82.7 Å². The Morgan fingerprint density at radius 3 is 2.66 bits per heavy atom. The Morgan fingerprint density at radius 2 is 2.03 bits per heavy atom. The van der Waals surface area contributed by atoms with E-state index in [1.807, 2.05) is 17.0 Å². The number of halogens is 2. The number of hydrogen-bond acceptors (Lipinski definition) is 4. The normalized spacial score (nSPS) is 16.7. The minimum atomic E-state index is -0.719. The zero-order chi connectivity index (χ0) is 23.4. The van der Waals surface area contributed by atoms with Crippen LogP contribution in [0.2, 0.25) is 5.02 Å². The Balaban J connectivity index is 2.06. The van der Waals surface area contributed by atoms with Gasteiger partial charge in [0.25, 0.3) is 0 Å². The maximum absolute atomic E-state index is 14.6. The van der Waals surface area contributed by atoms with Crippen LogP contribution in [0.1, 0.15) is 29.2 Å². The monoisotopic (exact) mass is 458 g/mol. The van der Waals surface area contributed by atoms with Crippen molar-refractivity contribution in [2.24, 2.45) is 5.73 Å². The summed E-state index contributed by atoms with van der Waals surface area (Å²) in [5.74, 6) is 0.301. The molecule has 0 aliphatic carbocycles. The molecule has 0 radical (unpaired) electrons. The number of aryl methyl sites for hydroxylation is 1. The first-order chi connectivity index (χ1) is 15.3. The number of amides is 1. The Morgan fingerprint density at radius 1 is 1.34 bits per heavy atom. The zero-order valence-electron chi connectivity index (χ0n) is 18.4. The van der Waals surface area contributed by atoms with Gasteiger partial charge in [-0.3, -0.25) is 9.69 Å². The van der Waals surface area contributed by atoms with Crippen molar-refractivity contribution in [1.29, 1.82) is 0 Å². The summed E-state index contributed by atoms with van der Waals surface area (Å²) in [6.45, 7) is 8.32. The summed E-state index contributed by atoms with van der Waals surface area (Å²) in [5, 5.41) is 0.0878. The molecule has 2 N–H and O–H groups in total. The van der Waals surface area contributed by atoms with E-state index in [4.69, 9.17) is 26.8 Å². The van der Waals surface area contributed by atoms with E-state index < -0.39 is 17.8 Å². The molecular weight excluding hydrogens is 431 g/mol. The molecule has 5 nitrogen and oxygen atoms in total. The number of nitrogens with zero attached hydrogens (tertiary/aromatic N) is 1. The van der Waals surface area contributed by atoms with E-state index in [0.717, 1.165) is 11.1 Å². The van der Waals surface area contributed by atoms with E-state index in [0.29, 0.717) is 48.4 Å². The van der Waals surface area contributed by atoms with Gasteiger partial charge in [0.05, 0.1) is 19.2 Å². The van der Waals surface area contributed by atoms with Crippen LogP contribution < -0.4 is 15.2 Å². The molecule has 0 unspecified atom stereocenters. The molecule has 2 aromatic carbocycles. The number of carbonyl (C=O) groups is 1. The minimum absolute atomic E-state index is 0.0878. The SMILES string of the molecule is C=CC(=C)[C@H](C(N)=O)N1CCc2cc(OC)c(OC)cc2[C@@H]1CCc1cccc(Cl)c1F. The van der Waals surface area contributed by atoms with Gasteiger partial charge in [0.15, 0.2) is 11.5 Å². The summed E-state index contributed by atoms with van der Waals surface area (Å²) in [5.41, 5.74) is 8.88. The molecule has 32 heavy (non-hydrogen) atoms. The first kappa shape index (κ1) is 23.8. The molecule has 0 fully saturated rings. The lowest BCUT2D eigenvalue weighted by molar-refractivity contribution is -0.123. The molecule has 0 spiro atoms. The number of carbonyl (C=O) groups excluding carboxylic acids is 1.